The number of sulfonamides is 1. The van der Waals surface area contributed by atoms with Crippen LogP contribution in [0.1, 0.15) is 11.3 Å². The lowest BCUT2D eigenvalue weighted by Gasteiger charge is -2.20. The van der Waals surface area contributed by atoms with Crippen molar-refractivity contribution in [2.75, 3.05) is 23.3 Å². The molecule has 1 aromatic heterocycles. The highest BCUT2D eigenvalue weighted by Crippen LogP contribution is 2.24. The molecular formula is C27H28N4O5S. The van der Waals surface area contributed by atoms with Crippen LogP contribution in [0.5, 0.6) is 5.75 Å². The summed E-state index contributed by atoms with van der Waals surface area (Å²) in [5.74, 6) is -0.110. The minimum Gasteiger partial charge on any atom is -0.484 e. The Morgan fingerprint density at radius 3 is 2.19 bits per heavy atom. The van der Waals surface area contributed by atoms with Crippen LogP contribution < -0.4 is 19.9 Å². The van der Waals surface area contributed by atoms with Crippen molar-refractivity contribution >= 4 is 27.3 Å². The van der Waals surface area contributed by atoms with Crippen molar-refractivity contribution in [1.82, 2.24) is 9.36 Å². The molecule has 0 bridgehead atoms. The summed E-state index contributed by atoms with van der Waals surface area (Å²) in [5, 5.41) is 2.65. The fourth-order valence-corrected chi connectivity index (χ4v) is 4.99. The second kappa shape index (κ2) is 10.4. The van der Waals surface area contributed by atoms with Crippen LogP contribution in [0.15, 0.2) is 88.6 Å². The van der Waals surface area contributed by atoms with Gasteiger partial charge in [0, 0.05) is 14.1 Å². The zero-order valence-corrected chi connectivity index (χ0v) is 21.8. The molecule has 0 unspecified atom stereocenters. The third kappa shape index (κ3) is 5.29. The van der Waals surface area contributed by atoms with E-state index < -0.39 is 15.9 Å². The summed E-state index contributed by atoms with van der Waals surface area (Å²) in [5.41, 5.74) is 2.53. The standard InChI is InChI=1S/C27H28N4O5S/c1-19-10-16-24(17-11-19)37(34,35)30(4)21-12-14-23(15-13-21)36-18-25(32)28-26-20(2)29(3)31(27(26)33)22-8-6-5-7-9-22/h5-17H,18H2,1-4H3,(H,28,32). The zero-order chi connectivity index (χ0) is 26.7. The van der Waals surface area contributed by atoms with E-state index in [2.05, 4.69) is 5.32 Å². The Balaban J connectivity index is 1.41. The van der Waals surface area contributed by atoms with Crippen LogP contribution in [-0.2, 0) is 21.9 Å². The molecule has 1 heterocycles. The molecule has 0 aliphatic carbocycles. The number of para-hydroxylation sites is 1. The van der Waals surface area contributed by atoms with Crippen molar-refractivity contribution in [2.45, 2.75) is 18.7 Å². The van der Waals surface area contributed by atoms with Gasteiger partial charge >= 0.3 is 0 Å². The van der Waals surface area contributed by atoms with Crippen molar-refractivity contribution < 1.29 is 17.9 Å². The fourth-order valence-electron chi connectivity index (χ4n) is 3.80. The van der Waals surface area contributed by atoms with E-state index >= 15 is 0 Å². The van der Waals surface area contributed by atoms with Crippen LogP contribution in [0.3, 0.4) is 0 Å². The molecule has 0 fully saturated rings. The maximum atomic E-state index is 13.0. The van der Waals surface area contributed by atoms with E-state index in [9.17, 15) is 18.0 Å². The molecule has 4 rings (SSSR count). The molecule has 1 N–H and O–H groups in total. The molecule has 192 valence electrons. The van der Waals surface area contributed by atoms with Gasteiger partial charge in [0.25, 0.3) is 21.5 Å². The van der Waals surface area contributed by atoms with Crippen LogP contribution >= 0.6 is 0 Å². The molecule has 1 amide bonds. The lowest BCUT2D eigenvalue weighted by molar-refractivity contribution is -0.118. The molecule has 0 aliphatic rings. The third-order valence-electron chi connectivity index (χ3n) is 6.07. The van der Waals surface area contributed by atoms with Crippen molar-refractivity contribution in [3.8, 4) is 11.4 Å². The highest BCUT2D eigenvalue weighted by molar-refractivity contribution is 7.92. The highest BCUT2D eigenvalue weighted by atomic mass is 32.2. The zero-order valence-electron chi connectivity index (χ0n) is 21.0. The summed E-state index contributed by atoms with van der Waals surface area (Å²) in [4.78, 5) is 25.7. The molecule has 0 radical (unpaired) electrons. The van der Waals surface area contributed by atoms with Gasteiger partial charge in [0.15, 0.2) is 6.61 Å². The van der Waals surface area contributed by atoms with Gasteiger partial charge in [-0.05, 0) is 62.4 Å². The third-order valence-corrected chi connectivity index (χ3v) is 7.87. The van der Waals surface area contributed by atoms with Crippen molar-refractivity contribution in [3.63, 3.8) is 0 Å². The van der Waals surface area contributed by atoms with Gasteiger partial charge in [-0.3, -0.25) is 18.6 Å². The monoisotopic (exact) mass is 520 g/mol. The summed E-state index contributed by atoms with van der Waals surface area (Å²) in [6.45, 7) is 3.31. The SMILES string of the molecule is Cc1ccc(S(=O)(=O)N(C)c2ccc(OCC(=O)Nc3c(C)n(C)n(-c4ccccc4)c3=O)cc2)cc1. The van der Waals surface area contributed by atoms with E-state index in [1.54, 1.807) is 67.2 Å². The van der Waals surface area contributed by atoms with Gasteiger partial charge in [-0.15, -0.1) is 0 Å². The van der Waals surface area contributed by atoms with Crippen molar-refractivity contribution in [1.29, 1.82) is 0 Å². The summed E-state index contributed by atoms with van der Waals surface area (Å²) < 4.78 is 35.7. The Morgan fingerprint density at radius 2 is 1.57 bits per heavy atom. The molecule has 0 spiro atoms. The molecule has 37 heavy (non-hydrogen) atoms. The largest absolute Gasteiger partial charge is 0.484 e. The minimum atomic E-state index is -3.72. The van der Waals surface area contributed by atoms with Crippen molar-refractivity contribution in [2.24, 2.45) is 7.05 Å². The number of aryl methyl sites for hydroxylation is 1. The van der Waals surface area contributed by atoms with E-state index in [-0.39, 0.29) is 22.7 Å². The Morgan fingerprint density at radius 1 is 0.946 bits per heavy atom. The number of hydrogen-bond acceptors (Lipinski definition) is 5. The molecule has 4 aromatic rings. The summed E-state index contributed by atoms with van der Waals surface area (Å²) >= 11 is 0. The number of anilines is 2. The average Bonchev–Trinajstić information content (AvgIpc) is 3.11. The average molecular weight is 521 g/mol. The Labute approximate surface area is 215 Å². The maximum absolute atomic E-state index is 13.0. The van der Waals surface area contributed by atoms with Crippen molar-refractivity contribution in [3.05, 3.63) is 100 Å². The quantitative estimate of drug-likeness (QED) is 0.382. The van der Waals surface area contributed by atoms with Gasteiger partial charge in [-0.25, -0.2) is 13.1 Å². The fraction of sp³-hybridized carbons (Fsp3) is 0.185. The van der Waals surface area contributed by atoms with Crippen LogP contribution in [0, 0.1) is 13.8 Å². The molecule has 10 heteroatoms. The predicted molar refractivity (Wildman–Crippen MR) is 143 cm³/mol. The summed E-state index contributed by atoms with van der Waals surface area (Å²) in [7, 11) is -0.498. The van der Waals surface area contributed by atoms with E-state index in [0.29, 0.717) is 22.8 Å². The number of benzene rings is 3. The number of ether oxygens (including phenoxy) is 1. The second-order valence-corrected chi connectivity index (χ2v) is 10.5. The number of carbonyl (C=O) groups is 1. The number of aromatic nitrogens is 2. The molecule has 0 aliphatic heterocycles. The van der Waals surface area contributed by atoms with Gasteiger partial charge in [-0.1, -0.05) is 35.9 Å². The topological polar surface area (TPSA) is 103 Å². The predicted octanol–water partition coefficient (Wildman–Crippen LogP) is 3.64. The number of nitrogens with one attached hydrogen (secondary N) is 1. The smallest absolute Gasteiger partial charge is 0.295 e. The number of nitrogens with zero attached hydrogens (tertiary/aromatic N) is 3. The molecule has 0 saturated heterocycles. The highest BCUT2D eigenvalue weighted by Gasteiger charge is 2.21. The normalized spacial score (nSPS) is 11.2. The van der Waals surface area contributed by atoms with Crippen LogP contribution in [0.25, 0.3) is 5.69 Å². The minimum absolute atomic E-state index is 0.179. The molecule has 9 nitrogen and oxygen atoms in total. The summed E-state index contributed by atoms with van der Waals surface area (Å²) in [6, 6.07) is 22.1. The van der Waals surface area contributed by atoms with E-state index in [1.165, 1.54) is 16.0 Å². The molecule has 0 saturated carbocycles. The first-order valence-electron chi connectivity index (χ1n) is 11.5. The lowest BCUT2D eigenvalue weighted by atomic mass is 10.2. The number of amides is 1. The molecule has 3 aromatic carbocycles. The van der Waals surface area contributed by atoms with E-state index in [1.807, 2.05) is 37.3 Å². The Hall–Kier alpha value is -4.31. The van der Waals surface area contributed by atoms with Gasteiger partial charge < -0.3 is 10.1 Å². The van der Waals surface area contributed by atoms with E-state index in [0.717, 1.165) is 5.56 Å². The Bertz CT molecular complexity index is 1570. The van der Waals surface area contributed by atoms with Gasteiger partial charge in [0.2, 0.25) is 0 Å². The lowest BCUT2D eigenvalue weighted by Crippen LogP contribution is -2.26. The number of carbonyl (C=O) groups excluding carboxylic acids is 1. The Kier molecular flexibility index (Phi) is 7.21. The van der Waals surface area contributed by atoms with Gasteiger partial charge in [-0.2, -0.15) is 0 Å². The van der Waals surface area contributed by atoms with Crippen LogP contribution in [-0.4, -0.2) is 37.3 Å². The molecular weight excluding hydrogens is 492 g/mol. The van der Waals surface area contributed by atoms with E-state index in [4.69, 9.17) is 4.74 Å². The number of rotatable bonds is 8. The second-order valence-electron chi connectivity index (χ2n) is 8.55. The number of hydrogen-bond donors (Lipinski definition) is 1. The van der Waals surface area contributed by atoms with Crippen LogP contribution in [0.2, 0.25) is 0 Å². The van der Waals surface area contributed by atoms with Crippen LogP contribution in [0.4, 0.5) is 11.4 Å². The first-order chi connectivity index (χ1) is 17.6. The first kappa shape index (κ1) is 25.8. The molecule has 0 atom stereocenters. The van der Waals surface area contributed by atoms with Gasteiger partial charge in [0.1, 0.15) is 11.4 Å². The summed E-state index contributed by atoms with van der Waals surface area (Å²) in [6.07, 6.45) is 0. The maximum Gasteiger partial charge on any atom is 0.295 e. The first-order valence-corrected chi connectivity index (χ1v) is 13.0. The van der Waals surface area contributed by atoms with Gasteiger partial charge in [0.05, 0.1) is 22.0 Å².